The van der Waals surface area contributed by atoms with Crippen LogP contribution in [-0.4, -0.2) is 49.1 Å². The first-order valence-electron chi connectivity index (χ1n) is 10.0. The van der Waals surface area contributed by atoms with Crippen molar-refractivity contribution in [2.45, 2.75) is 33.0 Å². The van der Waals surface area contributed by atoms with Crippen LogP contribution < -0.4 is 10.6 Å². The molecule has 0 bridgehead atoms. The number of morpholine rings is 1. The number of hydrogen-bond donors (Lipinski definition) is 2. The molecule has 6 nitrogen and oxygen atoms in total. The molecule has 2 N–H and O–H groups in total. The minimum Gasteiger partial charge on any atom is -0.379 e. The quantitative estimate of drug-likeness (QED) is 0.755. The zero-order chi connectivity index (χ0) is 20.6. The first-order valence-corrected chi connectivity index (χ1v) is 10.0. The summed E-state index contributed by atoms with van der Waals surface area (Å²) in [5.41, 5.74) is 3.85. The maximum Gasteiger partial charge on any atom is 0.251 e. The molecule has 1 atom stereocenters. The van der Waals surface area contributed by atoms with E-state index < -0.39 is 6.04 Å². The number of ether oxygens (including phenoxy) is 1. The van der Waals surface area contributed by atoms with Crippen LogP contribution in [-0.2, 0) is 22.6 Å². The van der Waals surface area contributed by atoms with Gasteiger partial charge in [0.15, 0.2) is 0 Å². The Bertz CT molecular complexity index is 847. The lowest BCUT2D eigenvalue weighted by atomic mass is 10.1. The fourth-order valence-electron chi connectivity index (χ4n) is 3.35. The van der Waals surface area contributed by atoms with Crippen molar-refractivity contribution in [1.82, 2.24) is 15.5 Å². The number of carbonyl (C=O) groups is 2. The van der Waals surface area contributed by atoms with Gasteiger partial charge in [0.2, 0.25) is 5.91 Å². The molecule has 0 radical (unpaired) electrons. The number of nitrogens with one attached hydrogen (secondary N) is 2. The van der Waals surface area contributed by atoms with E-state index in [-0.39, 0.29) is 11.8 Å². The van der Waals surface area contributed by atoms with E-state index in [1.54, 1.807) is 13.0 Å². The van der Waals surface area contributed by atoms with Gasteiger partial charge in [0, 0.05) is 31.7 Å². The molecule has 1 aliphatic rings. The number of amides is 2. The summed E-state index contributed by atoms with van der Waals surface area (Å²) >= 11 is 0. The zero-order valence-electron chi connectivity index (χ0n) is 17.1. The lowest BCUT2D eigenvalue weighted by molar-refractivity contribution is -0.122. The summed E-state index contributed by atoms with van der Waals surface area (Å²) in [6.07, 6.45) is 0. The highest BCUT2D eigenvalue weighted by Gasteiger charge is 2.17. The van der Waals surface area contributed by atoms with Gasteiger partial charge < -0.3 is 15.4 Å². The van der Waals surface area contributed by atoms with Gasteiger partial charge in [-0.15, -0.1) is 0 Å². The Hall–Kier alpha value is -2.70. The minimum absolute atomic E-state index is 0.202. The van der Waals surface area contributed by atoms with Crippen molar-refractivity contribution in [3.8, 4) is 0 Å². The summed E-state index contributed by atoms with van der Waals surface area (Å²) in [6, 6.07) is 14.8. The molecule has 2 amide bonds. The van der Waals surface area contributed by atoms with Crippen LogP contribution in [0.15, 0.2) is 48.5 Å². The maximum absolute atomic E-state index is 12.5. The number of rotatable bonds is 7. The van der Waals surface area contributed by atoms with Crippen LogP contribution in [0, 0.1) is 6.92 Å². The highest BCUT2D eigenvalue weighted by Crippen LogP contribution is 2.13. The fourth-order valence-corrected chi connectivity index (χ4v) is 3.35. The average Bonchev–Trinajstić information content (AvgIpc) is 2.73. The molecule has 0 saturated carbocycles. The van der Waals surface area contributed by atoms with Crippen LogP contribution in [0.25, 0.3) is 0 Å². The Morgan fingerprint density at radius 2 is 1.79 bits per heavy atom. The van der Waals surface area contributed by atoms with Gasteiger partial charge in [-0.2, -0.15) is 0 Å². The van der Waals surface area contributed by atoms with Crippen LogP contribution in [0.5, 0.6) is 0 Å². The molecule has 6 heteroatoms. The highest BCUT2D eigenvalue weighted by molar-refractivity contribution is 5.97. The van der Waals surface area contributed by atoms with E-state index in [1.165, 1.54) is 5.56 Å². The van der Waals surface area contributed by atoms with Crippen molar-refractivity contribution in [3.05, 3.63) is 70.8 Å². The second-order valence-corrected chi connectivity index (χ2v) is 7.44. The van der Waals surface area contributed by atoms with Crippen molar-refractivity contribution in [1.29, 1.82) is 0 Å². The highest BCUT2D eigenvalue weighted by atomic mass is 16.5. The SMILES string of the molecule is Cc1cccc(C(=O)N[C@@H](C)C(=O)NCc2ccccc2CN2CCOCC2)c1. The van der Waals surface area contributed by atoms with E-state index in [9.17, 15) is 9.59 Å². The zero-order valence-corrected chi connectivity index (χ0v) is 17.1. The third-order valence-corrected chi connectivity index (χ3v) is 5.09. The molecule has 154 valence electrons. The lowest BCUT2D eigenvalue weighted by Crippen LogP contribution is -2.44. The van der Waals surface area contributed by atoms with Crippen LogP contribution >= 0.6 is 0 Å². The third kappa shape index (κ3) is 6.14. The molecule has 1 saturated heterocycles. The van der Waals surface area contributed by atoms with Crippen LogP contribution in [0.3, 0.4) is 0 Å². The largest absolute Gasteiger partial charge is 0.379 e. The predicted molar refractivity (Wildman–Crippen MR) is 112 cm³/mol. The van der Waals surface area contributed by atoms with Crippen molar-refractivity contribution >= 4 is 11.8 Å². The second-order valence-electron chi connectivity index (χ2n) is 7.44. The molecule has 0 spiro atoms. The molecule has 1 fully saturated rings. The number of nitrogens with zero attached hydrogens (tertiary/aromatic N) is 1. The second kappa shape index (κ2) is 10.2. The molecular formula is C23H29N3O3. The van der Waals surface area contributed by atoms with Gasteiger partial charge in [0.05, 0.1) is 13.2 Å². The number of aryl methyl sites for hydroxylation is 1. The Morgan fingerprint density at radius 1 is 1.07 bits per heavy atom. The van der Waals surface area contributed by atoms with Gasteiger partial charge >= 0.3 is 0 Å². The lowest BCUT2D eigenvalue weighted by Gasteiger charge is -2.27. The van der Waals surface area contributed by atoms with Gasteiger partial charge in [-0.3, -0.25) is 14.5 Å². The monoisotopic (exact) mass is 395 g/mol. The summed E-state index contributed by atoms with van der Waals surface area (Å²) in [7, 11) is 0. The third-order valence-electron chi connectivity index (χ3n) is 5.09. The van der Waals surface area contributed by atoms with Gasteiger partial charge in [0.25, 0.3) is 5.91 Å². The molecule has 1 aliphatic heterocycles. The normalized spacial score (nSPS) is 15.5. The van der Waals surface area contributed by atoms with Crippen molar-refractivity contribution in [3.63, 3.8) is 0 Å². The fraction of sp³-hybridized carbons (Fsp3) is 0.391. The first kappa shape index (κ1) is 21.0. The molecule has 0 aromatic heterocycles. The summed E-state index contributed by atoms with van der Waals surface area (Å²) in [4.78, 5) is 27.2. The standard InChI is InChI=1S/C23H29N3O3/c1-17-6-5-9-19(14-17)23(28)25-18(2)22(27)24-15-20-7-3-4-8-21(20)16-26-10-12-29-13-11-26/h3-9,14,18H,10-13,15-16H2,1-2H3,(H,24,27)(H,25,28)/t18-/m0/s1. The van der Waals surface area contributed by atoms with Crippen molar-refractivity contribution in [2.24, 2.45) is 0 Å². The Morgan fingerprint density at radius 3 is 2.52 bits per heavy atom. The minimum atomic E-state index is -0.616. The average molecular weight is 396 g/mol. The predicted octanol–water partition coefficient (Wildman–Crippen LogP) is 2.26. The maximum atomic E-state index is 12.5. The number of benzene rings is 2. The van der Waals surface area contributed by atoms with E-state index in [0.717, 1.165) is 44.0 Å². The summed E-state index contributed by atoms with van der Waals surface area (Å²) in [6.45, 7) is 8.27. The summed E-state index contributed by atoms with van der Waals surface area (Å²) < 4.78 is 5.41. The van der Waals surface area contributed by atoms with Crippen LogP contribution in [0.4, 0.5) is 0 Å². The molecule has 0 aliphatic carbocycles. The van der Waals surface area contributed by atoms with E-state index in [2.05, 4.69) is 21.6 Å². The first-order chi connectivity index (χ1) is 14.0. The van der Waals surface area contributed by atoms with Gasteiger partial charge in [0.1, 0.15) is 6.04 Å². The smallest absolute Gasteiger partial charge is 0.251 e. The summed E-state index contributed by atoms with van der Waals surface area (Å²) in [5.74, 6) is -0.448. The molecule has 29 heavy (non-hydrogen) atoms. The van der Waals surface area contributed by atoms with E-state index >= 15 is 0 Å². The topological polar surface area (TPSA) is 70.7 Å². The van der Waals surface area contributed by atoms with Gasteiger partial charge in [-0.1, -0.05) is 42.0 Å². The molecule has 2 aromatic carbocycles. The van der Waals surface area contributed by atoms with Gasteiger partial charge in [-0.25, -0.2) is 0 Å². The number of carbonyl (C=O) groups excluding carboxylic acids is 2. The Balaban J connectivity index is 1.54. The van der Waals surface area contributed by atoms with E-state index in [0.29, 0.717) is 12.1 Å². The van der Waals surface area contributed by atoms with E-state index in [4.69, 9.17) is 4.74 Å². The van der Waals surface area contributed by atoms with Crippen LogP contribution in [0.2, 0.25) is 0 Å². The summed E-state index contributed by atoms with van der Waals surface area (Å²) in [5, 5.41) is 5.71. The molecule has 0 unspecified atom stereocenters. The number of hydrogen-bond acceptors (Lipinski definition) is 4. The molecular weight excluding hydrogens is 366 g/mol. The molecule has 2 aromatic rings. The molecule has 3 rings (SSSR count). The van der Waals surface area contributed by atoms with Gasteiger partial charge in [-0.05, 0) is 37.1 Å². The van der Waals surface area contributed by atoms with E-state index in [1.807, 2.05) is 43.3 Å². The van der Waals surface area contributed by atoms with Crippen LogP contribution in [0.1, 0.15) is 34.0 Å². The Kier molecular flexibility index (Phi) is 7.38. The van der Waals surface area contributed by atoms with Crippen molar-refractivity contribution in [2.75, 3.05) is 26.3 Å². The Labute approximate surface area is 172 Å². The molecule has 1 heterocycles. The van der Waals surface area contributed by atoms with Crippen molar-refractivity contribution < 1.29 is 14.3 Å².